The Morgan fingerprint density at radius 1 is 1.09 bits per heavy atom. The smallest absolute Gasteiger partial charge is 0.305 e. The van der Waals surface area contributed by atoms with E-state index in [-0.39, 0.29) is 16.5 Å². The van der Waals surface area contributed by atoms with Gasteiger partial charge in [-0.1, -0.05) is 68.0 Å². The first-order chi connectivity index (χ1) is 15.4. The number of hydrogen-bond donors (Lipinski definition) is 3. The topological polar surface area (TPSA) is 91.4 Å². The van der Waals surface area contributed by atoms with E-state index in [0.717, 1.165) is 47.3 Å². The molecule has 0 radical (unpaired) electrons. The molecule has 0 unspecified atom stereocenters. The predicted octanol–water partition coefficient (Wildman–Crippen LogP) is 4.41. The van der Waals surface area contributed by atoms with Crippen LogP contribution in [0.25, 0.3) is 10.2 Å². The summed E-state index contributed by atoms with van der Waals surface area (Å²) in [5.74, 6) is 0.0936. The van der Waals surface area contributed by atoms with Crippen molar-refractivity contribution in [2.45, 2.75) is 46.0 Å². The molecule has 3 N–H and O–H groups in total. The Bertz CT molecular complexity index is 1070. The molecule has 6 nitrogen and oxygen atoms in total. The van der Waals surface area contributed by atoms with Crippen LogP contribution >= 0.6 is 11.3 Å². The molecule has 32 heavy (non-hydrogen) atoms. The molecule has 7 heteroatoms. The van der Waals surface area contributed by atoms with Gasteiger partial charge in [-0.15, -0.1) is 0 Å². The van der Waals surface area contributed by atoms with Crippen molar-refractivity contribution in [3.63, 3.8) is 0 Å². The van der Waals surface area contributed by atoms with E-state index in [2.05, 4.69) is 22.4 Å². The molecule has 0 aliphatic heterocycles. The van der Waals surface area contributed by atoms with E-state index in [1.54, 1.807) is 12.1 Å². The van der Waals surface area contributed by atoms with Crippen LogP contribution < -0.4 is 10.2 Å². The highest BCUT2D eigenvalue weighted by molar-refractivity contribution is 7.16. The number of amides is 1. The van der Waals surface area contributed by atoms with Crippen molar-refractivity contribution in [2.75, 3.05) is 19.8 Å². The van der Waals surface area contributed by atoms with Crippen LogP contribution in [-0.2, 0) is 22.4 Å². The van der Waals surface area contributed by atoms with E-state index < -0.39 is 5.41 Å². The van der Waals surface area contributed by atoms with Gasteiger partial charge in [0.1, 0.15) is 11.3 Å². The summed E-state index contributed by atoms with van der Waals surface area (Å²) in [4.78, 5) is 26.8. The average Bonchev–Trinajstić information content (AvgIpc) is 3.18. The number of phenolic OH excluding ortho intramolecular Hbond substituents is 1. The normalized spacial score (nSPS) is 11.7. The third kappa shape index (κ3) is 6.68. The number of benzene rings is 2. The lowest BCUT2D eigenvalue weighted by molar-refractivity contribution is -0.129. The van der Waals surface area contributed by atoms with Crippen molar-refractivity contribution in [1.82, 2.24) is 10.3 Å². The van der Waals surface area contributed by atoms with Crippen LogP contribution in [0.2, 0.25) is 0 Å². The standard InChI is InChI=1S/C25H32N2O4S/c1-25(2,14-6-7-16-31-17-13-18-8-4-3-5-9-18)23(29)26-15-12-19-10-11-20(28)21-22(19)32-24(30)27-21/h3-5,8-11,28H,6-7,12-17H2,1-2H3,(H,26,29)(H,27,30). The summed E-state index contributed by atoms with van der Waals surface area (Å²) < 4.78 is 6.48. The van der Waals surface area contributed by atoms with Gasteiger partial charge < -0.3 is 20.1 Å². The second kappa shape index (κ2) is 11.3. The maximum atomic E-state index is 12.7. The number of carbonyl (C=O) groups is 1. The number of aromatic nitrogens is 1. The van der Waals surface area contributed by atoms with Gasteiger partial charge in [-0.2, -0.15) is 0 Å². The molecule has 0 atom stereocenters. The van der Waals surface area contributed by atoms with Crippen LogP contribution in [0.5, 0.6) is 5.75 Å². The number of hydrogen-bond acceptors (Lipinski definition) is 5. The van der Waals surface area contributed by atoms with E-state index in [9.17, 15) is 14.7 Å². The highest BCUT2D eigenvalue weighted by Crippen LogP contribution is 2.28. The number of unbranched alkanes of at least 4 members (excludes halogenated alkanes) is 1. The minimum Gasteiger partial charge on any atom is -0.506 e. The maximum absolute atomic E-state index is 12.7. The summed E-state index contributed by atoms with van der Waals surface area (Å²) in [7, 11) is 0. The van der Waals surface area contributed by atoms with E-state index in [4.69, 9.17) is 4.74 Å². The van der Waals surface area contributed by atoms with Crippen LogP contribution in [0.3, 0.4) is 0 Å². The molecule has 2 aromatic carbocycles. The number of phenols is 1. The number of carbonyl (C=O) groups excluding carboxylic acids is 1. The molecule has 0 saturated carbocycles. The Morgan fingerprint density at radius 2 is 1.88 bits per heavy atom. The molecule has 1 aromatic heterocycles. The fraction of sp³-hybridized carbons (Fsp3) is 0.440. The van der Waals surface area contributed by atoms with Gasteiger partial charge in [0.05, 0.1) is 11.3 Å². The van der Waals surface area contributed by atoms with E-state index in [1.165, 1.54) is 5.56 Å². The summed E-state index contributed by atoms with van der Waals surface area (Å²) in [5, 5.41) is 12.9. The Balaban J connectivity index is 1.34. The number of ether oxygens (including phenoxy) is 1. The number of rotatable bonds is 12. The Morgan fingerprint density at radius 3 is 2.66 bits per heavy atom. The van der Waals surface area contributed by atoms with Gasteiger partial charge in [-0.25, -0.2) is 0 Å². The molecule has 0 spiro atoms. The largest absolute Gasteiger partial charge is 0.506 e. The van der Waals surface area contributed by atoms with Crippen molar-refractivity contribution in [1.29, 1.82) is 0 Å². The van der Waals surface area contributed by atoms with Gasteiger partial charge in [-0.05, 0) is 42.9 Å². The first-order valence-electron chi connectivity index (χ1n) is 11.1. The lowest BCUT2D eigenvalue weighted by atomic mass is 9.86. The molecule has 0 saturated heterocycles. The van der Waals surface area contributed by atoms with E-state index in [0.29, 0.717) is 31.7 Å². The van der Waals surface area contributed by atoms with Crippen LogP contribution in [0.1, 0.15) is 44.2 Å². The first-order valence-corrected chi connectivity index (χ1v) is 11.9. The molecule has 0 aliphatic rings. The number of aromatic hydroxyl groups is 1. The zero-order valence-electron chi connectivity index (χ0n) is 18.8. The minimum atomic E-state index is -0.451. The Hall–Kier alpha value is -2.64. The highest BCUT2D eigenvalue weighted by atomic mass is 32.1. The van der Waals surface area contributed by atoms with Crippen molar-refractivity contribution in [3.8, 4) is 5.75 Å². The molecule has 0 aliphatic carbocycles. The van der Waals surface area contributed by atoms with E-state index in [1.807, 2.05) is 32.0 Å². The van der Waals surface area contributed by atoms with E-state index >= 15 is 0 Å². The fourth-order valence-electron chi connectivity index (χ4n) is 3.64. The quantitative estimate of drug-likeness (QED) is 0.352. The average molecular weight is 457 g/mol. The second-order valence-electron chi connectivity index (χ2n) is 8.66. The predicted molar refractivity (Wildman–Crippen MR) is 129 cm³/mol. The highest BCUT2D eigenvalue weighted by Gasteiger charge is 2.26. The summed E-state index contributed by atoms with van der Waals surface area (Å²) in [6, 6.07) is 13.7. The van der Waals surface area contributed by atoms with Crippen LogP contribution in [0.4, 0.5) is 0 Å². The van der Waals surface area contributed by atoms with Gasteiger partial charge in [0.25, 0.3) is 0 Å². The first kappa shape index (κ1) is 24.0. The molecule has 0 bridgehead atoms. The summed E-state index contributed by atoms with van der Waals surface area (Å²) >= 11 is 1.08. The SMILES string of the molecule is CC(C)(CCCCOCCc1ccccc1)C(=O)NCCc1ccc(O)c2[nH]c(=O)sc12. The minimum absolute atomic E-state index is 0.0276. The van der Waals surface area contributed by atoms with Crippen molar-refractivity contribution < 1.29 is 14.6 Å². The molecule has 172 valence electrons. The van der Waals surface area contributed by atoms with Crippen molar-refractivity contribution >= 4 is 27.5 Å². The summed E-state index contributed by atoms with van der Waals surface area (Å²) in [6.07, 6.45) is 4.18. The lowest BCUT2D eigenvalue weighted by Crippen LogP contribution is -2.38. The third-order valence-electron chi connectivity index (χ3n) is 5.65. The zero-order valence-corrected chi connectivity index (χ0v) is 19.6. The van der Waals surface area contributed by atoms with Crippen molar-refractivity contribution in [2.24, 2.45) is 5.41 Å². The molecular formula is C25H32N2O4S. The molecule has 0 fully saturated rings. The lowest BCUT2D eigenvalue weighted by Gasteiger charge is -2.23. The molecule has 1 heterocycles. The zero-order chi connectivity index (χ0) is 23.0. The van der Waals surface area contributed by atoms with Crippen molar-refractivity contribution in [3.05, 3.63) is 63.3 Å². The number of aromatic amines is 1. The molecule has 3 aromatic rings. The molecule has 1 amide bonds. The number of nitrogens with one attached hydrogen (secondary N) is 2. The Kier molecular flexibility index (Phi) is 8.47. The van der Waals surface area contributed by atoms with Gasteiger partial charge in [-0.3, -0.25) is 9.59 Å². The Labute approximate surface area is 192 Å². The fourth-order valence-corrected chi connectivity index (χ4v) is 4.54. The summed E-state index contributed by atoms with van der Waals surface area (Å²) in [6.45, 7) is 5.84. The number of fused-ring (bicyclic) bond motifs is 1. The van der Waals surface area contributed by atoms with Gasteiger partial charge in [0.2, 0.25) is 5.91 Å². The van der Waals surface area contributed by atoms with Gasteiger partial charge >= 0.3 is 4.87 Å². The van der Waals surface area contributed by atoms with Crippen LogP contribution in [0.15, 0.2) is 47.3 Å². The second-order valence-corrected chi connectivity index (χ2v) is 9.64. The van der Waals surface area contributed by atoms with Crippen LogP contribution in [-0.4, -0.2) is 35.8 Å². The molecule has 3 rings (SSSR count). The third-order valence-corrected chi connectivity index (χ3v) is 6.61. The van der Waals surface area contributed by atoms with Gasteiger partial charge in [0, 0.05) is 18.6 Å². The maximum Gasteiger partial charge on any atom is 0.305 e. The number of H-pyrrole nitrogens is 1. The van der Waals surface area contributed by atoms with Gasteiger partial charge in [0.15, 0.2) is 0 Å². The van der Waals surface area contributed by atoms with Crippen LogP contribution in [0, 0.1) is 5.41 Å². The monoisotopic (exact) mass is 456 g/mol. The molecular weight excluding hydrogens is 424 g/mol. The summed E-state index contributed by atoms with van der Waals surface area (Å²) in [5.41, 5.74) is 2.23. The number of thiazole rings is 1.